The lowest BCUT2D eigenvalue weighted by atomic mass is 10.1. The number of rotatable bonds is 10. The van der Waals surface area contributed by atoms with E-state index in [-0.39, 0.29) is 30.7 Å². The maximum atomic E-state index is 13.0. The van der Waals surface area contributed by atoms with Crippen molar-refractivity contribution in [2.75, 3.05) is 29.9 Å². The summed E-state index contributed by atoms with van der Waals surface area (Å²) in [5, 5.41) is 5.79. The number of hydrogen-bond donors (Lipinski definition) is 2. The molecule has 7 heteroatoms. The molecular weight excluding hydrogens is 454 g/mol. The van der Waals surface area contributed by atoms with Crippen LogP contribution < -0.4 is 20.3 Å². The average molecular weight is 486 g/mol. The number of carbonyl (C=O) groups is 3. The predicted octanol–water partition coefficient (Wildman–Crippen LogP) is 4.44. The molecule has 3 aromatic carbocycles. The van der Waals surface area contributed by atoms with Gasteiger partial charge in [0, 0.05) is 25.2 Å². The van der Waals surface area contributed by atoms with Gasteiger partial charge < -0.3 is 20.3 Å². The number of nitrogens with zero attached hydrogens (tertiary/aromatic N) is 1. The highest BCUT2D eigenvalue weighted by atomic mass is 16.5. The van der Waals surface area contributed by atoms with E-state index in [9.17, 15) is 14.4 Å². The van der Waals surface area contributed by atoms with Crippen LogP contribution in [0.15, 0.2) is 78.9 Å². The SMILES string of the molecule is CCCOc1ccc(N2C[C@@H](C(=O)Nc3ccccc3C(=O)NCCc3ccccc3)CC2=O)cc1. The van der Waals surface area contributed by atoms with Crippen LogP contribution in [0, 0.1) is 5.92 Å². The Morgan fingerprint density at radius 1 is 0.972 bits per heavy atom. The summed E-state index contributed by atoms with van der Waals surface area (Å²) in [6.07, 6.45) is 1.75. The third-order valence-corrected chi connectivity index (χ3v) is 6.09. The lowest BCUT2D eigenvalue weighted by Gasteiger charge is -2.18. The van der Waals surface area contributed by atoms with Crippen molar-refractivity contribution < 1.29 is 19.1 Å². The quantitative estimate of drug-likeness (QED) is 0.445. The smallest absolute Gasteiger partial charge is 0.253 e. The molecule has 0 radical (unpaired) electrons. The minimum atomic E-state index is -0.511. The highest BCUT2D eigenvalue weighted by molar-refractivity contribution is 6.07. The van der Waals surface area contributed by atoms with Gasteiger partial charge in [0.25, 0.3) is 5.91 Å². The molecule has 1 fully saturated rings. The van der Waals surface area contributed by atoms with Gasteiger partial charge in [0.15, 0.2) is 0 Å². The van der Waals surface area contributed by atoms with Gasteiger partial charge in [0.2, 0.25) is 11.8 Å². The Morgan fingerprint density at radius 2 is 1.69 bits per heavy atom. The van der Waals surface area contributed by atoms with Crippen molar-refractivity contribution in [2.24, 2.45) is 5.92 Å². The molecule has 0 spiro atoms. The molecule has 2 N–H and O–H groups in total. The van der Waals surface area contributed by atoms with Crippen molar-refractivity contribution in [1.29, 1.82) is 0 Å². The van der Waals surface area contributed by atoms with Gasteiger partial charge in [-0.3, -0.25) is 14.4 Å². The first-order valence-corrected chi connectivity index (χ1v) is 12.3. The Labute approximate surface area is 211 Å². The van der Waals surface area contributed by atoms with Gasteiger partial charge in [-0.1, -0.05) is 49.4 Å². The Morgan fingerprint density at radius 3 is 2.44 bits per heavy atom. The van der Waals surface area contributed by atoms with Crippen LogP contribution >= 0.6 is 0 Å². The summed E-state index contributed by atoms with van der Waals surface area (Å²) in [5.74, 6) is -0.401. The minimum absolute atomic E-state index is 0.107. The van der Waals surface area contributed by atoms with Gasteiger partial charge in [-0.05, 0) is 54.8 Å². The van der Waals surface area contributed by atoms with Gasteiger partial charge in [0.1, 0.15) is 5.75 Å². The maximum Gasteiger partial charge on any atom is 0.253 e. The number of anilines is 2. The van der Waals surface area contributed by atoms with Gasteiger partial charge >= 0.3 is 0 Å². The molecule has 7 nitrogen and oxygen atoms in total. The molecule has 1 heterocycles. The lowest BCUT2D eigenvalue weighted by Crippen LogP contribution is -2.30. The van der Waals surface area contributed by atoms with Crippen molar-refractivity contribution in [3.8, 4) is 5.75 Å². The first-order chi connectivity index (χ1) is 17.5. The Balaban J connectivity index is 1.35. The van der Waals surface area contributed by atoms with E-state index in [1.165, 1.54) is 0 Å². The lowest BCUT2D eigenvalue weighted by molar-refractivity contribution is -0.122. The van der Waals surface area contributed by atoms with Crippen LogP contribution in [0.5, 0.6) is 5.75 Å². The van der Waals surface area contributed by atoms with Gasteiger partial charge in [0.05, 0.1) is 23.8 Å². The first-order valence-electron chi connectivity index (χ1n) is 12.3. The third kappa shape index (κ3) is 6.30. The van der Waals surface area contributed by atoms with Crippen LogP contribution in [-0.2, 0) is 16.0 Å². The number of carbonyl (C=O) groups excluding carboxylic acids is 3. The van der Waals surface area contributed by atoms with E-state index in [2.05, 4.69) is 10.6 Å². The molecule has 186 valence electrons. The van der Waals surface area contributed by atoms with Gasteiger partial charge in [-0.2, -0.15) is 0 Å². The predicted molar refractivity (Wildman–Crippen MR) is 140 cm³/mol. The highest BCUT2D eigenvalue weighted by Gasteiger charge is 2.35. The molecule has 1 aliphatic rings. The molecular formula is C29H31N3O4. The largest absolute Gasteiger partial charge is 0.494 e. The van der Waals surface area contributed by atoms with Crippen molar-refractivity contribution in [1.82, 2.24) is 5.32 Å². The fraction of sp³-hybridized carbons (Fsp3) is 0.276. The molecule has 0 unspecified atom stereocenters. The van der Waals surface area contributed by atoms with E-state index < -0.39 is 5.92 Å². The second-order valence-electron chi connectivity index (χ2n) is 8.77. The monoisotopic (exact) mass is 485 g/mol. The van der Waals surface area contributed by atoms with Crippen LogP contribution in [0.2, 0.25) is 0 Å². The number of para-hydroxylation sites is 1. The van der Waals surface area contributed by atoms with E-state index in [0.717, 1.165) is 23.4 Å². The number of ether oxygens (including phenoxy) is 1. The highest BCUT2D eigenvalue weighted by Crippen LogP contribution is 2.28. The summed E-state index contributed by atoms with van der Waals surface area (Å²) in [6, 6.07) is 24.2. The molecule has 0 saturated carbocycles. The molecule has 1 aliphatic heterocycles. The first kappa shape index (κ1) is 25.0. The molecule has 3 amide bonds. The van der Waals surface area contributed by atoms with Crippen molar-refractivity contribution in [3.05, 3.63) is 90.0 Å². The Bertz CT molecular complexity index is 1190. The summed E-state index contributed by atoms with van der Waals surface area (Å²) in [4.78, 5) is 40.1. The standard InChI is InChI=1S/C29H31N3O4/c1-2-18-36-24-14-12-23(13-15-24)32-20-22(19-27(32)33)28(34)31-26-11-7-6-10-25(26)29(35)30-17-16-21-8-4-3-5-9-21/h3-15,22H,2,16-20H2,1H3,(H,30,35)(H,31,34)/t22-/m0/s1. The molecule has 1 atom stereocenters. The zero-order valence-corrected chi connectivity index (χ0v) is 20.4. The van der Waals surface area contributed by atoms with Gasteiger partial charge in [-0.15, -0.1) is 0 Å². The second kappa shape index (κ2) is 12.0. The summed E-state index contributed by atoms with van der Waals surface area (Å²) in [6.45, 7) is 3.45. The van der Waals surface area contributed by atoms with E-state index >= 15 is 0 Å². The van der Waals surface area contributed by atoms with Crippen LogP contribution in [0.25, 0.3) is 0 Å². The fourth-order valence-electron chi connectivity index (χ4n) is 4.16. The molecule has 0 aromatic heterocycles. The molecule has 0 bridgehead atoms. The summed E-state index contributed by atoms with van der Waals surface area (Å²) in [7, 11) is 0. The number of benzene rings is 3. The zero-order valence-electron chi connectivity index (χ0n) is 20.4. The number of amides is 3. The van der Waals surface area contributed by atoms with E-state index in [4.69, 9.17) is 4.74 Å². The second-order valence-corrected chi connectivity index (χ2v) is 8.77. The normalized spacial score (nSPS) is 15.0. The topological polar surface area (TPSA) is 87.7 Å². The van der Waals surface area contributed by atoms with Crippen molar-refractivity contribution in [2.45, 2.75) is 26.2 Å². The Hall–Kier alpha value is -4.13. The van der Waals surface area contributed by atoms with Gasteiger partial charge in [-0.25, -0.2) is 0 Å². The molecule has 0 aliphatic carbocycles. The average Bonchev–Trinajstić information content (AvgIpc) is 3.30. The summed E-state index contributed by atoms with van der Waals surface area (Å²) < 4.78 is 5.60. The molecule has 4 rings (SSSR count). The van der Waals surface area contributed by atoms with Crippen LogP contribution in [-0.4, -0.2) is 37.4 Å². The molecule has 3 aromatic rings. The maximum absolute atomic E-state index is 13.0. The van der Waals surface area contributed by atoms with Crippen LogP contribution in [0.1, 0.15) is 35.7 Å². The Kier molecular flexibility index (Phi) is 8.34. The number of hydrogen-bond acceptors (Lipinski definition) is 4. The molecule has 1 saturated heterocycles. The third-order valence-electron chi connectivity index (χ3n) is 6.09. The summed E-state index contributed by atoms with van der Waals surface area (Å²) in [5.41, 5.74) is 2.70. The van der Waals surface area contributed by atoms with Crippen LogP contribution in [0.3, 0.4) is 0 Å². The van der Waals surface area contributed by atoms with E-state index in [1.54, 1.807) is 29.2 Å². The summed E-state index contributed by atoms with van der Waals surface area (Å²) >= 11 is 0. The van der Waals surface area contributed by atoms with E-state index in [1.807, 2.05) is 61.5 Å². The zero-order chi connectivity index (χ0) is 25.3. The van der Waals surface area contributed by atoms with E-state index in [0.29, 0.717) is 30.8 Å². The van der Waals surface area contributed by atoms with Crippen molar-refractivity contribution >= 4 is 29.1 Å². The fourth-order valence-corrected chi connectivity index (χ4v) is 4.16. The van der Waals surface area contributed by atoms with Crippen LogP contribution in [0.4, 0.5) is 11.4 Å². The minimum Gasteiger partial charge on any atom is -0.494 e. The van der Waals surface area contributed by atoms with Crippen molar-refractivity contribution in [3.63, 3.8) is 0 Å². The molecule has 36 heavy (non-hydrogen) atoms. The number of nitrogens with one attached hydrogen (secondary N) is 2.